The molecule has 1 atom stereocenters. The van der Waals surface area contributed by atoms with Crippen LogP contribution in [0.4, 0.5) is 0 Å². The number of benzene rings is 1. The SMILES string of the molecule is COc1ccc(CN=C(N)NCC(C)N2CCC(C)CC2)cc1OC. The minimum atomic E-state index is 0.460. The predicted octanol–water partition coefficient (Wildman–Crippen LogP) is 2.23. The predicted molar refractivity (Wildman–Crippen MR) is 102 cm³/mol. The number of piperidine rings is 1. The van der Waals surface area contributed by atoms with E-state index in [0.29, 0.717) is 30.0 Å². The number of aliphatic imine (C=N–C) groups is 1. The van der Waals surface area contributed by atoms with Gasteiger partial charge in [-0.15, -0.1) is 0 Å². The molecule has 1 aromatic rings. The maximum atomic E-state index is 6.01. The van der Waals surface area contributed by atoms with Crippen LogP contribution in [0.15, 0.2) is 23.2 Å². The summed E-state index contributed by atoms with van der Waals surface area (Å²) in [7, 11) is 3.26. The first-order valence-electron chi connectivity index (χ1n) is 9.02. The Morgan fingerprint density at radius 1 is 1.28 bits per heavy atom. The summed E-state index contributed by atoms with van der Waals surface area (Å²) >= 11 is 0. The zero-order chi connectivity index (χ0) is 18.2. The normalized spacial score (nSPS) is 18.0. The van der Waals surface area contributed by atoms with E-state index in [4.69, 9.17) is 15.2 Å². The molecule has 1 fully saturated rings. The molecule has 0 bridgehead atoms. The van der Waals surface area contributed by atoms with Crippen molar-refractivity contribution in [2.75, 3.05) is 33.9 Å². The molecule has 0 aliphatic carbocycles. The fourth-order valence-electron chi connectivity index (χ4n) is 3.06. The van der Waals surface area contributed by atoms with E-state index < -0.39 is 0 Å². The van der Waals surface area contributed by atoms with E-state index in [-0.39, 0.29) is 0 Å². The van der Waals surface area contributed by atoms with E-state index >= 15 is 0 Å². The summed E-state index contributed by atoms with van der Waals surface area (Å²) in [6.45, 7) is 8.24. The molecular weight excluding hydrogens is 316 g/mol. The van der Waals surface area contributed by atoms with E-state index in [2.05, 4.69) is 29.1 Å². The molecular formula is C19H32N4O2. The lowest BCUT2D eigenvalue weighted by Gasteiger charge is -2.35. The molecule has 0 amide bonds. The third kappa shape index (κ3) is 5.81. The van der Waals surface area contributed by atoms with Crippen LogP contribution in [-0.2, 0) is 6.54 Å². The topological polar surface area (TPSA) is 72.1 Å². The molecule has 0 radical (unpaired) electrons. The third-order valence-electron chi connectivity index (χ3n) is 4.90. The van der Waals surface area contributed by atoms with Gasteiger partial charge >= 0.3 is 0 Å². The van der Waals surface area contributed by atoms with Crippen molar-refractivity contribution in [3.8, 4) is 11.5 Å². The highest BCUT2D eigenvalue weighted by Crippen LogP contribution is 2.27. The summed E-state index contributed by atoms with van der Waals surface area (Å²) in [5.41, 5.74) is 7.04. The first kappa shape index (κ1) is 19.4. The number of nitrogens with zero attached hydrogens (tertiary/aromatic N) is 2. The van der Waals surface area contributed by atoms with Gasteiger partial charge in [0.15, 0.2) is 17.5 Å². The van der Waals surface area contributed by atoms with Crippen LogP contribution >= 0.6 is 0 Å². The standard InChI is InChI=1S/C19H32N4O2/c1-14-7-9-23(10-8-14)15(2)12-21-19(20)22-13-16-5-6-17(24-3)18(11-16)25-4/h5-6,11,14-15H,7-10,12-13H2,1-4H3,(H3,20,21,22). The number of likely N-dealkylation sites (tertiary alicyclic amines) is 1. The largest absolute Gasteiger partial charge is 0.493 e. The van der Waals surface area contributed by atoms with Gasteiger partial charge in [-0.1, -0.05) is 13.0 Å². The minimum Gasteiger partial charge on any atom is -0.493 e. The molecule has 0 aromatic heterocycles. The first-order valence-corrected chi connectivity index (χ1v) is 9.02. The summed E-state index contributed by atoms with van der Waals surface area (Å²) in [5.74, 6) is 2.75. The summed E-state index contributed by atoms with van der Waals surface area (Å²) in [4.78, 5) is 6.95. The Hall–Kier alpha value is -1.95. The molecule has 6 heteroatoms. The molecule has 1 aliphatic heterocycles. The molecule has 1 unspecified atom stereocenters. The van der Waals surface area contributed by atoms with E-state index in [1.165, 1.54) is 25.9 Å². The quantitative estimate of drug-likeness (QED) is 0.584. The fourth-order valence-corrected chi connectivity index (χ4v) is 3.06. The van der Waals surface area contributed by atoms with E-state index in [1.807, 2.05) is 18.2 Å². The Kier molecular flexibility index (Phi) is 7.37. The second-order valence-corrected chi connectivity index (χ2v) is 6.84. The molecule has 2 rings (SSSR count). The van der Waals surface area contributed by atoms with Gasteiger partial charge in [-0.2, -0.15) is 0 Å². The highest BCUT2D eigenvalue weighted by atomic mass is 16.5. The smallest absolute Gasteiger partial charge is 0.188 e. The van der Waals surface area contributed by atoms with Gasteiger partial charge in [-0.3, -0.25) is 4.90 Å². The van der Waals surface area contributed by atoms with Gasteiger partial charge in [-0.05, 0) is 56.5 Å². The number of ether oxygens (including phenoxy) is 2. The van der Waals surface area contributed by atoms with Crippen molar-refractivity contribution < 1.29 is 9.47 Å². The average Bonchev–Trinajstić information content (AvgIpc) is 2.64. The molecule has 1 saturated heterocycles. The molecule has 1 aliphatic rings. The Morgan fingerprint density at radius 3 is 2.60 bits per heavy atom. The lowest BCUT2D eigenvalue weighted by atomic mass is 9.98. The van der Waals surface area contributed by atoms with Gasteiger partial charge in [0, 0.05) is 12.6 Å². The Labute approximate surface area is 151 Å². The average molecular weight is 348 g/mol. The van der Waals surface area contributed by atoms with Gasteiger partial charge in [0.2, 0.25) is 0 Å². The van der Waals surface area contributed by atoms with Gasteiger partial charge in [0.1, 0.15) is 0 Å². The van der Waals surface area contributed by atoms with E-state index in [0.717, 1.165) is 18.0 Å². The highest BCUT2D eigenvalue weighted by Gasteiger charge is 2.20. The molecule has 6 nitrogen and oxygen atoms in total. The van der Waals surface area contributed by atoms with Crippen molar-refractivity contribution in [1.82, 2.24) is 10.2 Å². The second kappa shape index (κ2) is 9.51. The molecule has 0 saturated carbocycles. The van der Waals surface area contributed by atoms with Crippen molar-refractivity contribution in [3.05, 3.63) is 23.8 Å². The fraction of sp³-hybridized carbons (Fsp3) is 0.632. The second-order valence-electron chi connectivity index (χ2n) is 6.84. The molecule has 1 heterocycles. The van der Waals surface area contributed by atoms with Gasteiger partial charge in [0.25, 0.3) is 0 Å². The number of nitrogens with two attached hydrogens (primary N) is 1. The van der Waals surface area contributed by atoms with Crippen molar-refractivity contribution in [1.29, 1.82) is 0 Å². The zero-order valence-corrected chi connectivity index (χ0v) is 15.9. The van der Waals surface area contributed by atoms with Crippen LogP contribution in [0.25, 0.3) is 0 Å². The highest BCUT2D eigenvalue weighted by molar-refractivity contribution is 5.77. The minimum absolute atomic E-state index is 0.460. The molecule has 25 heavy (non-hydrogen) atoms. The number of nitrogens with one attached hydrogen (secondary N) is 1. The summed E-state index contributed by atoms with van der Waals surface area (Å²) in [6, 6.07) is 6.23. The van der Waals surface area contributed by atoms with Gasteiger partial charge < -0.3 is 20.5 Å². The van der Waals surface area contributed by atoms with E-state index in [9.17, 15) is 0 Å². The lowest BCUT2D eigenvalue weighted by Crippen LogP contribution is -2.47. The van der Waals surface area contributed by atoms with Crippen LogP contribution < -0.4 is 20.5 Å². The molecule has 1 aromatic carbocycles. The van der Waals surface area contributed by atoms with Crippen molar-refractivity contribution in [3.63, 3.8) is 0 Å². The molecule has 140 valence electrons. The Bertz CT molecular complexity index is 569. The number of methoxy groups -OCH3 is 2. The van der Waals surface area contributed by atoms with Gasteiger partial charge in [-0.25, -0.2) is 4.99 Å². The summed E-state index contributed by atoms with van der Waals surface area (Å²) < 4.78 is 10.6. The van der Waals surface area contributed by atoms with Crippen LogP contribution in [0.1, 0.15) is 32.3 Å². The van der Waals surface area contributed by atoms with E-state index in [1.54, 1.807) is 14.2 Å². The monoisotopic (exact) mass is 348 g/mol. The van der Waals surface area contributed by atoms with Crippen LogP contribution in [0.3, 0.4) is 0 Å². The Balaban J connectivity index is 1.81. The Morgan fingerprint density at radius 2 is 1.96 bits per heavy atom. The van der Waals surface area contributed by atoms with Crippen molar-refractivity contribution in [2.24, 2.45) is 16.6 Å². The van der Waals surface area contributed by atoms with Crippen LogP contribution in [0, 0.1) is 5.92 Å². The van der Waals surface area contributed by atoms with Crippen LogP contribution in [0.2, 0.25) is 0 Å². The van der Waals surface area contributed by atoms with Crippen molar-refractivity contribution >= 4 is 5.96 Å². The maximum absolute atomic E-state index is 6.01. The van der Waals surface area contributed by atoms with Crippen LogP contribution in [-0.4, -0.2) is 50.8 Å². The zero-order valence-electron chi connectivity index (χ0n) is 15.9. The molecule has 0 spiro atoms. The number of hydrogen-bond donors (Lipinski definition) is 2. The summed E-state index contributed by atoms with van der Waals surface area (Å²) in [5, 5.41) is 3.24. The van der Waals surface area contributed by atoms with Crippen molar-refractivity contribution in [2.45, 2.75) is 39.3 Å². The van der Waals surface area contributed by atoms with Gasteiger partial charge in [0.05, 0.1) is 20.8 Å². The van der Waals surface area contributed by atoms with Crippen LogP contribution in [0.5, 0.6) is 11.5 Å². The number of guanidine groups is 1. The molecule has 3 N–H and O–H groups in total. The summed E-state index contributed by atoms with van der Waals surface area (Å²) in [6.07, 6.45) is 2.57. The third-order valence-corrected chi connectivity index (χ3v) is 4.90. The maximum Gasteiger partial charge on any atom is 0.188 e. The number of hydrogen-bond acceptors (Lipinski definition) is 4. The lowest BCUT2D eigenvalue weighted by molar-refractivity contribution is 0.147. The number of rotatable bonds is 7. The first-order chi connectivity index (χ1) is 12.0.